The molecule has 1 amide bonds. The summed E-state index contributed by atoms with van der Waals surface area (Å²) in [6.07, 6.45) is 4.89. The maximum absolute atomic E-state index is 12.6. The van der Waals surface area contributed by atoms with Crippen LogP contribution in [-0.4, -0.2) is 32.2 Å². The topological polar surface area (TPSA) is 73.9 Å². The van der Waals surface area contributed by atoms with E-state index in [0.29, 0.717) is 17.1 Å². The van der Waals surface area contributed by atoms with Crippen LogP contribution in [-0.2, 0) is 20.7 Å². The first kappa shape index (κ1) is 21.4. The molecule has 1 aliphatic rings. The SMILES string of the molecule is COc1ccc(/C=C/C(=O)O[C@@H](C)C(=O)N[C@H]2CCCc3ccccc32)c(OC)c1. The van der Waals surface area contributed by atoms with E-state index in [1.54, 1.807) is 45.4 Å². The molecule has 3 rings (SSSR count). The van der Waals surface area contributed by atoms with E-state index in [-0.39, 0.29) is 11.9 Å². The molecule has 0 saturated heterocycles. The Morgan fingerprint density at radius 2 is 1.93 bits per heavy atom. The second kappa shape index (κ2) is 9.96. The lowest BCUT2D eigenvalue weighted by molar-refractivity contribution is -0.150. The smallest absolute Gasteiger partial charge is 0.331 e. The number of carbonyl (C=O) groups excluding carboxylic acids is 2. The zero-order valence-corrected chi connectivity index (χ0v) is 17.5. The maximum atomic E-state index is 12.6. The van der Waals surface area contributed by atoms with Crippen molar-refractivity contribution in [2.24, 2.45) is 0 Å². The van der Waals surface area contributed by atoms with Gasteiger partial charge >= 0.3 is 5.97 Å². The number of ether oxygens (including phenoxy) is 3. The van der Waals surface area contributed by atoms with E-state index in [4.69, 9.17) is 14.2 Å². The number of rotatable bonds is 7. The Morgan fingerprint density at radius 1 is 1.13 bits per heavy atom. The van der Waals surface area contributed by atoms with Crippen molar-refractivity contribution in [3.63, 3.8) is 0 Å². The number of fused-ring (bicyclic) bond motifs is 1. The summed E-state index contributed by atoms with van der Waals surface area (Å²) in [6.45, 7) is 1.57. The third-order valence-electron chi connectivity index (χ3n) is 5.19. The van der Waals surface area contributed by atoms with Gasteiger partial charge in [0.15, 0.2) is 6.10 Å². The van der Waals surface area contributed by atoms with E-state index in [2.05, 4.69) is 11.4 Å². The van der Waals surface area contributed by atoms with Gasteiger partial charge in [-0.1, -0.05) is 24.3 Å². The normalized spacial score (nSPS) is 16.4. The Hall–Kier alpha value is -3.28. The van der Waals surface area contributed by atoms with E-state index in [1.807, 2.05) is 18.2 Å². The molecule has 0 fully saturated rings. The van der Waals surface area contributed by atoms with Crippen molar-refractivity contribution in [1.82, 2.24) is 5.32 Å². The third kappa shape index (κ3) is 5.20. The summed E-state index contributed by atoms with van der Waals surface area (Å²) in [7, 11) is 3.11. The van der Waals surface area contributed by atoms with Crippen LogP contribution in [0.25, 0.3) is 6.08 Å². The molecule has 158 valence electrons. The van der Waals surface area contributed by atoms with Crippen molar-refractivity contribution in [2.75, 3.05) is 14.2 Å². The lowest BCUT2D eigenvalue weighted by atomic mass is 9.87. The Kier molecular flexibility index (Phi) is 7.12. The van der Waals surface area contributed by atoms with Crippen LogP contribution in [0.15, 0.2) is 48.5 Å². The summed E-state index contributed by atoms with van der Waals surface area (Å²) >= 11 is 0. The molecule has 0 bridgehead atoms. The van der Waals surface area contributed by atoms with Gasteiger partial charge in [0, 0.05) is 17.7 Å². The number of nitrogens with one attached hydrogen (secondary N) is 1. The van der Waals surface area contributed by atoms with Crippen LogP contribution in [0.1, 0.15) is 42.5 Å². The van der Waals surface area contributed by atoms with Crippen LogP contribution >= 0.6 is 0 Å². The van der Waals surface area contributed by atoms with Gasteiger partial charge in [-0.15, -0.1) is 0 Å². The zero-order chi connectivity index (χ0) is 21.5. The van der Waals surface area contributed by atoms with Crippen molar-refractivity contribution in [2.45, 2.75) is 38.3 Å². The molecule has 2 atom stereocenters. The van der Waals surface area contributed by atoms with Gasteiger partial charge in [-0.05, 0) is 55.5 Å². The fourth-order valence-electron chi connectivity index (χ4n) is 3.57. The van der Waals surface area contributed by atoms with Crippen LogP contribution in [0, 0.1) is 0 Å². The molecule has 0 saturated carbocycles. The van der Waals surface area contributed by atoms with Crippen LogP contribution in [0.5, 0.6) is 11.5 Å². The van der Waals surface area contributed by atoms with E-state index < -0.39 is 12.1 Å². The molecule has 30 heavy (non-hydrogen) atoms. The van der Waals surface area contributed by atoms with Gasteiger partial charge in [0.1, 0.15) is 11.5 Å². The highest BCUT2D eigenvalue weighted by Crippen LogP contribution is 2.29. The minimum atomic E-state index is -0.894. The van der Waals surface area contributed by atoms with Gasteiger partial charge in [-0.2, -0.15) is 0 Å². The lowest BCUT2D eigenvalue weighted by Crippen LogP contribution is -2.39. The van der Waals surface area contributed by atoms with Crippen LogP contribution in [0.2, 0.25) is 0 Å². The minimum absolute atomic E-state index is 0.0531. The average Bonchev–Trinajstić information content (AvgIpc) is 2.77. The molecular formula is C24H27NO5. The molecular weight excluding hydrogens is 382 g/mol. The molecule has 2 aromatic rings. The van der Waals surface area contributed by atoms with Crippen molar-refractivity contribution in [3.05, 3.63) is 65.2 Å². The first-order chi connectivity index (χ1) is 14.5. The fraction of sp³-hybridized carbons (Fsp3) is 0.333. The zero-order valence-electron chi connectivity index (χ0n) is 17.5. The number of methoxy groups -OCH3 is 2. The standard InChI is InChI=1S/C24H27NO5/c1-16(24(27)25-21-10-6-8-17-7-4-5-9-20(17)21)30-23(26)14-12-18-11-13-19(28-2)15-22(18)29-3/h4-5,7,9,11-16,21H,6,8,10H2,1-3H3,(H,25,27)/b14-12+/t16-,21-/m0/s1. The highest BCUT2D eigenvalue weighted by atomic mass is 16.5. The second-order valence-corrected chi connectivity index (χ2v) is 7.17. The first-order valence-corrected chi connectivity index (χ1v) is 10.0. The number of hydrogen-bond donors (Lipinski definition) is 1. The Bertz CT molecular complexity index is 937. The molecule has 1 aliphatic carbocycles. The van der Waals surface area contributed by atoms with E-state index >= 15 is 0 Å². The number of benzene rings is 2. The molecule has 0 radical (unpaired) electrons. The van der Waals surface area contributed by atoms with Gasteiger partial charge in [0.05, 0.1) is 20.3 Å². The number of hydrogen-bond acceptors (Lipinski definition) is 5. The minimum Gasteiger partial charge on any atom is -0.497 e. The first-order valence-electron chi connectivity index (χ1n) is 10.0. The molecule has 0 aliphatic heterocycles. The lowest BCUT2D eigenvalue weighted by Gasteiger charge is -2.27. The predicted molar refractivity (Wildman–Crippen MR) is 114 cm³/mol. The molecule has 2 aromatic carbocycles. The van der Waals surface area contributed by atoms with Crippen molar-refractivity contribution in [3.8, 4) is 11.5 Å². The molecule has 6 heteroatoms. The fourth-order valence-corrected chi connectivity index (χ4v) is 3.57. The number of aryl methyl sites for hydroxylation is 1. The highest BCUT2D eigenvalue weighted by molar-refractivity contribution is 5.90. The average molecular weight is 409 g/mol. The molecule has 0 spiro atoms. The maximum Gasteiger partial charge on any atom is 0.331 e. The summed E-state index contributed by atoms with van der Waals surface area (Å²) in [5.41, 5.74) is 3.10. The predicted octanol–water partition coefficient (Wildman–Crippen LogP) is 3.84. The second-order valence-electron chi connectivity index (χ2n) is 7.17. The number of carbonyl (C=O) groups is 2. The van der Waals surface area contributed by atoms with Gasteiger partial charge in [-0.3, -0.25) is 4.79 Å². The van der Waals surface area contributed by atoms with E-state index in [1.165, 1.54) is 11.6 Å². The van der Waals surface area contributed by atoms with Crippen molar-refractivity contribution < 1.29 is 23.8 Å². The summed E-state index contributed by atoms with van der Waals surface area (Å²) in [5.74, 6) is 0.321. The van der Waals surface area contributed by atoms with Crippen LogP contribution in [0.3, 0.4) is 0 Å². The van der Waals surface area contributed by atoms with Crippen molar-refractivity contribution in [1.29, 1.82) is 0 Å². The summed E-state index contributed by atoms with van der Waals surface area (Å²) < 4.78 is 15.7. The molecule has 1 N–H and O–H groups in total. The third-order valence-corrected chi connectivity index (χ3v) is 5.19. The van der Waals surface area contributed by atoms with E-state index in [0.717, 1.165) is 24.8 Å². The highest BCUT2D eigenvalue weighted by Gasteiger charge is 2.24. The molecule has 0 heterocycles. The van der Waals surface area contributed by atoms with Crippen LogP contribution < -0.4 is 14.8 Å². The van der Waals surface area contributed by atoms with Gasteiger partial charge < -0.3 is 19.5 Å². The van der Waals surface area contributed by atoms with Crippen molar-refractivity contribution >= 4 is 18.0 Å². The largest absolute Gasteiger partial charge is 0.497 e. The summed E-state index contributed by atoms with van der Waals surface area (Å²) in [5, 5.41) is 3.01. The van der Waals surface area contributed by atoms with Gasteiger partial charge in [-0.25, -0.2) is 4.79 Å². The summed E-state index contributed by atoms with van der Waals surface area (Å²) in [4.78, 5) is 24.7. The van der Waals surface area contributed by atoms with Gasteiger partial charge in [0.2, 0.25) is 0 Å². The van der Waals surface area contributed by atoms with E-state index in [9.17, 15) is 9.59 Å². The quantitative estimate of drug-likeness (QED) is 0.556. The number of esters is 1. The summed E-state index contributed by atoms with van der Waals surface area (Å²) in [6, 6.07) is 13.3. The molecule has 0 aromatic heterocycles. The monoisotopic (exact) mass is 409 g/mol. The number of amides is 1. The Labute approximate surface area is 176 Å². The van der Waals surface area contributed by atoms with Crippen LogP contribution in [0.4, 0.5) is 0 Å². The molecule has 0 unspecified atom stereocenters. The Balaban J connectivity index is 1.58. The Morgan fingerprint density at radius 3 is 2.70 bits per heavy atom. The van der Waals surface area contributed by atoms with Gasteiger partial charge in [0.25, 0.3) is 5.91 Å². The molecule has 6 nitrogen and oxygen atoms in total.